The molecule has 1 spiro atoms. The van der Waals surface area contributed by atoms with Gasteiger partial charge in [-0.3, -0.25) is 14.5 Å². The summed E-state index contributed by atoms with van der Waals surface area (Å²) in [5.41, 5.74) is 0.861. The third-order valence-corrected chi connectivity index (χ3v) is 5.10. The number of ketones is 1. The number of nitrogens with one attached hydrogen (secondary N) is 1. The molecule has 1 atom stereocenters. The first-order valence-electron chi connectivity index (χ1n) is 8.52. The number of benzene rings is 2. The molecule has 2 aromatic carbocycles. The van der Waals surface area contributed by atoms with Gasteiger partial charge in [-0.1, -0.05) is 36.4 Å². The van der Waals surface area contributed by atoms with Crippen molar-refractivity contribution in [3.8, 4) is 0 Å². The number of hydrogen-bond donors (Lipinski definition) is 1. The molecule has 4 rings (SSSR count). The van der Waals surface area contributed by atoms with E-state index in [1.54, 1.807) is 0 Å². The SMILES string of the molecule is O=C(CN1C(=O)N[C@]2(CCCc3ccccc32)C1=O)c1cccc(F)c1. The van der Waals surface area contributed by atoms with Crippen LogP contribution in [0.3, 0.4) is 0 Å². The summed E-state index contributed by atoms with van der Waals surface area (Å²) in [6.07, 6.45) is 2.12. The number of hydrogen-bond acceptors (Lipinski definition) is 3. The lowest BCUT2D eigenvalue weighted by Gasteiger charge is -2.33. The highest BCUT2D eigenvalue weighted by Gasteiger charge is 2.54. The van der Waals surface area contributed by atoms with Crippen LogP contribution in [0.2, 0.25) is 0 Å². The Morgan fingerprint density at radius 2 is 1.96 bits per heavy atom. The summed E-state index contributed by atoms with van der Waals surface area (Å²) in [6, 6.07) is 12.2. The van der Waals surface area contributed by atoms with Crippen molar-refractivity contribution in [2.45, 2.75) is 24.8 Å². The number of imide groups is 1. The Balaban J connectivity index is 1.64. The van der Waals surface area contributed by atoms with Crippen LogP contribution in [0.15, 0.2) is 48.5 Å². The van der Waals surface area contributed by atoms with Gasteiger partial charge in [0.05, 0.1) is 6.54 Å². The Hall–Kier alpha value is -3.02. The van der Waals surface area contributed by atoms with Gasteiger partial charge >= 0.3 is 6.03 Å². The smallest absolute Gasteiger partial charge is 0.319 e. The first-order valence-corrected chi connectivity index (χ1v) is 8.52. The predicted octanol–water partition coefficient (Wildman–Crippen LogP) is 2.79. The fraction of sp³-hybridized carbons (Fsp3) is 0.250. The molecule has 1 aliphatic carbocycles. The third kappa shape index (κ3) is 2.49. The number of aryl methyl sites for hydroxylation is 1. The molecular weight excluding hydrogens is 335 g/mol. The molecule has 0 bridgehead atoms. The van der Waals surface area contributed by atoms with Gasteiger partial charge in [0, 0.05) is 5.56 Å². The highest BCUT2D eigenvalue weighted by Crippen LogP contribution is 2.39. The van der Waals surface area contributed by atoms with Crippen LogP contribution in [0.5, 0.6) is 0 Å². The van der Waals surface area contributed by atoms with Crippen molar-refractivity contribution < 1.29 is 18.8 Å². The maximum absolute atomic E-state index is 13.3. The minimum absolute atomic E-state index is 0.135. The number of rotatable bonds is 3. The Morgan fingerprint density at radius 1 is 1.15 bits per heavy atom. The van der Waals surface area contributed by atoms with Gasteiger partial charge in [-0.05, 0) is 42.5 Å². The second-order valence-electron chi connectivity index (χ2n) is 6.67. The molecule has 2 aromatic rings. The number of nitrogens with zero attached hydrogens (tertiary/aromatic N) is 1. The van der Waals surface area contributed by atoms with Crippen LogP contribution < -0.4 is 5.32 Å². The second-order valence-corrected chi connectivity index (χ2v) is 6.67. The van der Waals surface area contributed by atoms with Crippen LogP contribution in [-0.4, -0.2) is 29.2 Å². The highest BCUT2D eigenvalue weighted by molar-refractivity contribution is 6.11. The molecule has 0 radical (unpaired) electrons. The van der Waals surface area contributed by atoms with E-state index in [-0.39, 0.29) is 5.56 Å². The average Bonchev–Trinajstić information content (AvgIpc) is 2.87. The van der Waals surface area contributed by atoms with Gasteiger partial charge in [0.2, 0.25) is 0 Å². The Bertz CT molecular complexity index is 927. The van der Waals surface area contributed by atoms with Crippen LogP contribution in [0, 0.1) is 5.82 Å². The number of halogens is 1. The molecule has 2 aliphatic rings. The van der Waals surface area contributed by atoms with Crippen LogP contribution in [0.4, 0.5) is 9.18 Å². The molecule has 1 aliphatic heterocycles. The molecule has 1 N–H and O–H groups in total. The fourth-order valence-electron chi connectivity index (χ4n) is 3.85. The maximum Gasteiger partial charge on any atom is 0.325 e. The number of Topliss-reactive ketones (excluding diaryl/α,β-unsaturated/α-hetero) is 1. The lowest BCUT2D eigenvalue weighted by atomic mass is 9.76. The Labute approximate surface area is 149 Å². The van der Waals surface area contributed by atoms with E-state index in [0.717, 1.165) is 34.9 Å². The zero-order valence-electron chi connectivity index (χ0n) is 14.0. The molecule has 0 saturated carbocycles. The predicted molar refractivity (Wildman–Crippen MR) is 92.0 cm³/mol. The molecule has 1 heterocycles. The Morgan fingerprint density at radius 3 is 2.77 bits per heavy atom. The number of fused-ring (bicyclic) bond motifs is 2. The van der Waals surface area contributed by atoms with E-state index in [1.165, 1.54) is 18.2 Å². The minimum atomic E-state index is -1.10. The zero-order chi connectivity index (χ0) is 18.3. The molecule has 1 saturated heterocycles. The number of urea groups is 1. The van der Waals surface area contributed by atoms with Crippen LogP contribution in [0.1, 0.15) is 34.3 Å². The summed E-state index contributed by atoms with van der Waals surface area (Å²) in [5.74, 6) is -1.43. The molecule has 0 unspecified atom stereocenters. The van der Waals surface area contributed by atoms with Gasteiger partial charge in [0.1, 0.15) is 11.4 Å². The molecule has 3 amide bonds. The van der Waals surface area contributed by atoms with Crippen LogP contribution in [-0.2, 0) is 16.8 Å². The fourth-order valence-corrected chi connectivity index (χ4v) is 3.85. The standard InChI is InChI=1S/C20H17FN2O3/c21-15-8-3-6-14(11-15)17(24)12-23-18(25)20(22-19(23)26)10-4-7-13-5-1-2-9-16(13)20/h1-3,5-6,8-9,11H,4,7,10,12H2,(H,22,26)/t20-/m0/s1. The summed E-state index contributed by atoms with van der Waals surface area (Å²) in [4.78, 5) is 38.9. The van der Waals surface area contributed by atoms with E-state index >= 15 is 0 Å². The maximum atomic E-state index is 13.3. The first kappa shape index (κ1) is 16.4. The Kier molecular flexibility index (Phi) is 3.83. The second kappa shape index (κ2) is 6.05. The van der Waals surface area contributed by atoms with Crippen molar-refractivity contribution >= 4 is 17.7 Å². The molecular formula is C20H17FN2O3. The molecule has 26 heavy (non-hydrogen) atoms. The van der Waals surface area contributed by atoms with Crippen molar-refractivity contribution in [1.82, 2.24) is 10.2 Å². The van der Waals surface area contributed by atoms with E-state index in [9.17, 15) is 18.8 Å². The van der Waals surface area contributed by atoms with Crippen LogP contribution >= 0.6 is 0 Å². The lowest BCUT2D eigenvalue weighted by Crippen LogP contribution is -2.46. The summed E-state index contributed by atoms with van der Waals surface area (Å²) < 4.78 is 13.3. The minimum Gasteiger partial charge on any atom is -0.319 e. The quantitative estimate of drug-likeness (QED) is 0.682. The summed E-state index contributed by atoms with van der Waals surface area (Å²) in [5, 5.41) is 2.80. The zero-order valence-corrected chi connectivity index (χ0v) is 14.0. The van der Waals surface area contributed by atoms with E-state index in [4.69, 9.17) is 0 Å². The van der Waals surface area contributed by atoms with Gasteiger partial charge in [-0.15, -0.1) is 0 Å². The van der Waals surface area contributed by atoms with Gasteiger partial charge < -0.3 is 5.32 Å². The first-order chi connectivity index (χ1) is 12.5. The topological polar surface area (TPSA) is 66.5 Å². The highest BCUT2D eigenvalue weighted by atomic mass is 19.1. The van der Waals surface area contributed by atoms with E-state index in [2.05, 4.69) is 5.32 Å². The van der Waals surface area contributed by atoms with Crippen molar-refractivity contribution in [2.75, 3.05) is 6.54 Å². The lowest BCUT2D eigenvalue weighted by molar-refractivity contribution is -0.131. The van der Waals surface area contributed by atoms with Crippen molar-refractivity contribution in [3.63, 3.8) is 0 Å². The molecule has 6 heteroatoms. The molecule has 1 fully saturated rings. The van der Waals surface area contributed by atoms with Gasteiger partial charge in [0.15, 0.2) is 5.78 Å². The normalized spacial score (nSPS) is 21.7. The largest absolute Gasteiger partial charge is 0.325 e. The van der Waals surface area contributed by atoms with Gasteiger partial charge in [-0.2, -0.15) is 0 Å². The summed E-state index contributed by atoms with van der Waals surface area (Å²) in [6.45, 7) is -0.405. The number of amides is 3. The molecule has 0 aromatic heterocycles. The molecule has 132 valence electrons. The monoisotopic (exact) mass is 352 g/mol. The molecule has 5 nitrogen and oxygen atoms in total. The van der Waals surface area contributed by atoms with Crippen LogP contribution in [0.25, 0.3) is 0 Å². The third-order valence-electron chi connectivity index (χ3n) is 5.10. The van der Waals surface area contributed by atoms with E-state index < -0.39 is 35.6 Å². The number of carbonyl (C=O) groups excluding carboxylic acids is 3. The van der Waals surface area contributed by atoms with E-state index in [1.807, 2.05) is 24.3 Å². The van der Waals surface area contributed by atoms with Gasteiger partial charge in [-0.25, -0.2) is 9.18 Å². The van der Waals surface area contributed by atoms with Crippen molar-refractivity contribution in [2.24, 2.45) is 0 Å². The average molecular weight is 352 g/mol. The van der Waals surface area contributed by atoms with E-state index in [0.29, 0.717) is 6.42 Å². The van der Waals surface area contributed by atoms with Crippen molar-refractivity contribution in [1.29, 1.82) is 0 Å². The number of carbonyl (C=O) groups is 3. The van der Waals surface area contributed by atoms with Gasteiger partial charge in [0.25, 0.3) is 5.91 Å². The summed E-state index contributed by atoms with van der Waals surface area (Å²) in [7, 11) is 0. The summed E-state index contributed by atoms with van der Waals surface area (Å²) >= 11 is 0. The van der Waals surface area contributed by atoms with Crippen molar-refractivity contribution in [3.05, 3.63) is 71.0 Å².